The number of hydrogen-bond donors (Lipinski definition) is 1. The number of aromatic hydroxyl groups is 1. The molecule has 6 atom stereocenters. The first kappa shape index (κ1) is 34.9. The third-order valence-electron chi connectivity index (χ3n) is 12.2. The summed E-state index contributed by atoms with van der Waals surface area (Å²) in [5, 5.41) is 17.9. The van der Waals surface area contributed by atoms with E-state index in [1.807, 2.05) is 43.3 Å². The van der Waals surface area contributed by atoms with Crippen LogP contribution in [0.4, 0.5) is 11.5 Å². The number of nitrogens with zero attached hydrogens (tertiary/aromatic N) is 4. The van der Waals surface area contributed by atoms with Crippen LogP contribution in [0.2, 0.25) is 5.02 Å². The fourth-order valence-electron chi connectivity index (χ4n) is 9.56. The number of carbonyl (C=O) groups is 4. The number of aryl methyl sites for hydroxylation is 2. The topological polar surface area (TPSA) is 113 Å². The molecule has 3 aromatic carbocycles. The summed E-state index contributed by atoms with van der Waals surface area (Å²) >= 11 is 11.4. The van der Waals surface area contributed by atoms with Gasteiger partial charge in [0.2, 0.25) is 23.6 Å². The molecular weight excluding hydrogens is 788 g/mol. The zero-order valence-electron chi connectivity index (χ0n) is 29.5. The summed E-state index contributed by atoms with van der Waals surface area (Å²) in [4.78, 5) is 61.8. The Balaban J connectivity index is 1.15. The molecule has 0 spiro atoms. The molecule has 2 saturated heterocycles. The predicted molar refractivity (Wildman–Crippen MR) is 213 cm³/mol. The first-order valence-corrected chi connectivity index (χ1v) is 19.7. The van der Waals surface area contributed by atoms with Gasteiger partial charge in [0.1, 0.15) is 17.3 Å². The highest BCUT2D eigenvalue weighted by Crippen LogP contribution is 2.64. The molecule has 2 aliphatic heterocycles. The molecule has 2 aromatic heterocycles. The summed E-state index contributed by atoms with van der Waals surface area (Å²) in [6, 6.07) is 19.7. The second kappa shape index (κ2) is 12.3. The lowest BCUT2D eigenvalue weighted by Gasteiger charge is -2.49. The summed E-state index contributed by atoms with van der Waals surface area (Å²) in [5.74, 6) is -4.58. The fraction of sp³-hybridized carbons (Fsp3) is 0.262. The lowest BCUT2D eigenvalue weighted by Crippen LogP contribution is -2.49. The number of carbonyl (C=O) groups excluding carboxylic acids is 4. The zero-order chi connectivity index (χ0) is 38.0. The van der Waals surface area contributed by atoms with Crippen LogP contribution in [0, 0.1) is 36.0 Å². The van der Waals surface area contributed by atoms with Crippen LogP contribution in [-0.4, -0.2) is 38.5 Å². The third-order valence-corrected chi connectivity index (χ3v) is 14.2. The Kier molecular flexibility index (Phi) is 7.98. The SMILES string of the molecule is C=Cc1ccc(N2C(=O)[C@H]3[C@H](CC=C4[C@H]3C[C@H]3C(=O)N(c5cc(-c6sc7ccc(Cl)cc7c6C)nn5C)C(=O)[C@@]3(C)[C@H]4c3cc(Br)ccc3O)C2=O)cc1. The first-order valence-electron chi connectivity index (χ1n) is 17.7. The molecule has 3 fully saturated rings. The average Bonchev–Trinajstić information content (AvgIpc) is 3.83. The molecule has 5 aromatic rings. The molecule has 4 heterocycles. The smallest absolute Gasteiger partial charge is 0.242 e. The van der Waals surface area contributed by atoms with Crippen LogP contribution in [0.25, 0.3) is 26.7 Å². The van der Waals surface area contributed by atoms with E-state index in [1.165, 1.54) is 9.80 Å². The van der Waals surface area contributed by atoms with E-state index in [0.717, 1.165) is 31.7 Å². The minimum Gasteiger partial charge on any atom is -0.508 e. The van der Waals surface area contributed by atoms with Crippen molar-refractivity contribution in [2.45, 2.75) is 32.6 Å². The number of imide groups is 2. The summed E-state index contributed by atoms with van der Waals surface area (Å²) in [6.45, 7) is 7.61. The zero-order valence-corrected chi connectivity index (χ0v) is 32.7. The average molecular weight is 822 g/mol. The van der Waals surface area contributed by atoms with Crippen LogP contribution in [0.15, 0.2) is 89.4 Å². The van der Waals surface area contributed by atoms with E-state index in [9.17, 15) is 19.5 Å². The van der Waals surface area contributed by atoms with Gasteiger partial charge in [0.25, 0.3) is 0 Å². The van der Waals surface area contributed by atoms with Gasteiger partial charge in [0.05, 0.1) is 33.7 Å². The Morgan fingerprint density at radius 3 is 2.48 bits per heavy atom. The number of rotatable bonds is 5. The fourth-order valence-corrected chi connectivity index (χ4v) is 11.3. The normalized spacial score (nSPS) is 26.3. The van der Waals surface area contributed by atoms with Gasteiger partial charge < -0.3 is 5.11 Å². The Morgan fingerprint density at radius 2 is 1.74 bits per heavy atom. The van der Waals surface area contributed by atoms with E-state index in [-0.39, 0.29) is 24.0 Å². The molecule has 54 heavy (non-hydrogen) atoms. The Bertz CT molecular complexity index is 2540. The van der Waals surface area contributed by atoms with E-state index >= 15 is 4.79 Å². The van der Waals surface area contributed by atoms with E-state index in [1.54, 1.807) is 72.5 Å². The number of benzene rings is 3. The van der Waals surface area contributed by atoms with Gasteiger partial charge in [-0.25, -0.2) is 4.90 Å². The van der Waals surface area contributed by atoms with Crippen LogP contribution in [-0.2, 0) is 26.2 Å². The van der Waals surface area contributed by atoms with Gasteiger partial charge >= 0.3 is 0 Å². The van der Waals surface area contributed by atoms with Crippen molar-refractivity contribution < 1.29 is 24.3 Å². The largest absolute Gasteiger partial charge is 0.508 e. The Hall–Kier alpha value is -4.84. The van der Waals surface area contributed by atoms with Crippen LogP contribution in [0.1, 0.15) is 42.4 Å². The molecule has 0 radical (unpaired) electrons. The van der Waals surface area contributed by atoms with Gasteiger partial charge in [-0.05, 0) is 97.7 Å². The second-order valence-electron chi connectivity index (χ2n) is 14.9. The summed E-state index contributed by atoms with van der Waals surface area (Å²) in [6.07, 6.45) is 4.16. The third kappa shape index (κ3) is 4.84. The maximum absolute atomic E-state index is 15.1. The molecule has 9 nitrogen and oxygen atoms in total. The molecule has 12 heteroatoms. The maximum atomic E-state index is 15.1. The van der Waals surface area contributed by atoms with E-state index in [4.69, 9.17) is 16.7 Å². The summed E-state index contributed by atoms with van der Waals surface area (Å²) in [7, 11) is 1.72. The maximum Gasteiger partial charge on any atom is 0.242 e. The van der Waals surface area contributed by atoms with Gasteiger partial charge in [-0.2, -0.15) is 5.10 Å². The molecule has 0 unspecified atom stereocenters. The van der Waals surface area contributed by atoms with Crippen molar-refractivity contribution in [2.24, 2.45) is 36.1 Å². The first-order chi connectivity index (χ1) is 25.8. The van der Waals surface area contributed by atoms with Crippen molar-refractivity contribution in [3.8, 4) is 16.3 Å². The number of fused-ring (bicyclic) bond motifs is 5. The van der Waals surface area contributed by atoms with Gasteiger partial charge in [-0.1, -0.05) is 64.0 Å². The van der Waals surface area contributed by atoms with Crippen molar-refractivity contribution in [3.63, 3.8) is 0 Å². The highest BCUT2D eigenvalue weighted by atomic mass is 79.9. The standard InChI is InChI=1S/C42H34BrClN4O5S/c1-5-21-6-10-24(11-7-21)47-38(50)26-13-12-25-28(35(26)40(47)52)18-30-39(51)48(41(53)42(30,3)36(25)29-16-22(43)8-14-32(29)49)34-19-31(45-46(34)4)37-20(2)27-17-23(44)9-15-33(27)54-37/h5-12,14-17,19,26,28,30,35-36,49H,1,13,18H2,2-4H3/t26-,28+,30-,35-,36+,42+/m0/s1. The van der Waals surface area contributed by atoms with Gasteiger partial charge in [-0.15, -0.1) is 11.3 Å². The van der Waals surface area contributed by atoms with Crippen LogP contribution >= 0.6 is 38.9 Å². The highest BCUT2D eigenvalue weighted by Gasteiger charge is 2.68. The molecule has 4 aliphatic rings. The molecule has 1 saturated carbocycles. The van der Waals surface area contributed by atoms with E-state index < -0.39 is 46.8 Å². The van der Waals surface area contributed by atoms with Gasteiger partial charge in [-0.3, -0.25) is 28.8 Å². The number of allylic oxidation sites excluding steroid dienone is 2. The monoisotopic (exact) mass is 820 g/mol. The number of amides is 4. The van der Waals surface area contributed by atoms with E-state index in [0.29, 0.717) is 38.7 Å². The van der Waals surface area contributed by atoms with Crippen LogP contribution in [0.3, 0.4) is 0 Å². The van der Waals surface area contributed by atoms with Gasteiger partial charge in [0.15, 0.2) is 0 Å². The molecule has 272 valence electrons. The van der Waals surface area contributed by atoms with Crippen molar-refractivity contribution in [2.75, 3.05) is 9.80 Å². The number of anilines is 2. The van der Waals surface area contributed by atoms with Gasteiger partial charge in [0, 0.05) is 38.8 Å². The summed E-state index contributed by atoms with van der Waals surface area (Å²) < 4.78 is 3.30. The number of aromatic nitrogens is 2. The molecule has 4 amide bonds. The van der Waals surface area contributed by atoms with Crippen molar-refractivity contribution in [1.29, 1.82) is 0 Å². The molecule has 0 bridgehead atoms. The predicted octanol–water partition coefficient (Wildman–Crippen LogP) is 8.81. The Labute approximate surface area is 328 Å². The quantitative estimate of drug-likeness (QED) is 0.140. The molecule has 1 N–H and O–H groups in total. The Morgan fingerprint density at radius 1 is 0.981 bits per heavy atom. The number of phenols is 1. The molecular formula is C42H34BrClN4O5S. The molecule has 9 rings (SSSR count). The lowest BCUT2D eigenvalue weighted by molar-refractivity contribution is -0.131. The summed E-state index contributed by atoms with van der Waals surface area (Å²) in [5.41, 5.74) is 2.91. The number of halogens is 2. The van der Waals surface area contributed by atoms with Crippen molar-refractivity contribution in [1.82, 2.24) is 9.78 Å². The number of thiophene rings is 1. The van der Waals surface area contributed by atoms with Crippen LogP contribution in [0.5, 0.6) is 5.75 Å². The minimum atomic E-state index is -1.33. The van der Waals surface area contributed by atoms with Crippen molar-refractivity contribution >= 4 is 90.2 Å². The number of phenolic OH excluding ortho intramolecular Hbond substituents is 1. The minimum absolute atomic E-state index is 0.0218. The second-order valence-corrected chi connectivity index (χ2v) is 17.3. The number of hydrogen-bond acceptors (Lipinski definition) is 7. The van der Waals surface area contributed by atoms with Crippen molar-refractivity contribution in [3.05, 3.63) is 111 Å². The molecule has 2 aliphatic carbocycles. The van der Waals surface area contributed by atoms with Crippen LogP contribution < -0.4 is 9.80 Å². The highest BCUT2D eigenvalue weighted by molar-refractivity contribution is 9.10. The lowest BCUT2D eigenvalue weighted by atomic mass is 9.51. The van der Waals surface area contributed by atoms with E-state index in [2.05, 4.69) is 22.5 Å².